The maximum absolute atomic E-state index is 13.4. The molecule has 22 heteroatoms. The highest BCUT2D eigenvalue weighted by Crippen LogP contribution is 2.18. The van der Waals surface area contributed by atoms with Crippen LogP contribution in [0.25, 0.3) is 11.2 Å². The lowest BCUT2D eigenvalue weighted by Crippen LogP contribution is -2.45. The van der Waals surface area contributed by atoms with E-state index >= 15 is 0 Å². The summed E-state index contributed by atoms with van der Waals surface area (Å²) in [5, 5.41) is 8.05. The molecule has 0 spiro atoms. The Labute approximate surface area is 375 Å². The minimum absolute atomic E-state index is 0.0265. The number of aromatic nitrogens is 6. The van der Waals surface area contributed by atoms with Gasteiger partial charge in [0.1, 0.15) is 23.3 Å². The number of nitrogens with one attached hydrogen (secondary N) is 4. The van der Waals surface area contributed by atoms with Crippen LogP contribution in [-0.4, -0.2) is 128 Å². The number of imidazole rings is 1. The number of unbranched alkanes of at least 4 members (excludes halogenated alkanes) is 1. The Morgan fingerprint density at radius 1 is 0.908 bits per heavy atom. The van der Waals surface area contributed by atoms with E-state index in [1.165, 1.54) is 48.8 Å². The standard InChI is InChI=1S/C43H58N12O10/c1-42(2,3)64-39(61)31(16-17-33(57)44-18-10-11-19-54-22-28(46-25-54)20-32(38(60)63-9)50-41(62)65-43(4,5)6)49-36(58)27-12-14-30(15-13-27)55(26-56)23-29-21-45-35-34(48-29)37(59)52-40(51-35)47-24-53(7)8/h12-15,21-22,24-26,31-32H,10-11,16-20,23H2,1-9H3,(H,44,57)(H,49,58)(H,50,62)(H,45,51,52,59)/b47-24+/t31-,32-/m0/s1. The third-order valence-electron chi connectivity index (χ3n) is 8.89. The van der Waals surface area contributed by atoms with Gasteiger partial charge in [-0.3, -0.25) is 24.2 Å². The van der Waals surface area contributed by atoms with E-state index in [9.17, 15) is 33.6 Å². The van der Waals surface area contributed by atoms with Gasteiger partial charge in [0, 0.05) is 57.5 Å². The fourth-order valence-electron chi connectivity index (χ4n) is 5.92. The molecule has 0 aliphatic carbocycles. The Morgan fingerprint density at radius 2 is 1.62 bits per heavy atom. The average Bonchev–Trinajstić information content (AvgIpc) is 3.68. The second-order valence-electron chi connectivity index (χ2n) is 17.1. The Hall–Kier alpha value is -7.26. The molecule has 0 aliphatic heterocycles. The Balaban J connectivity index is 1.28. The van der Waals surface area contributed by atoms with E-state index in [1.807, 2.05) is 4.57 Å². The fourth-order valence-corrected chi connectivity index (χ4v) is 5.92. The number of aromatic amines is 1. The molecule has 4 N–H and O–H groups in total. The molecular formula is C43H58N12O10. The number of alkyl carbamates (subject to hydrolysis) is 1. The van der Waals surface area contributed by atoms with Crippen LogP contribution in [0, 0.1) is 0 Å². The van der Waals surface area contributed by atoms with Crippen molar-refractivity contribution in [1.29, 1.82) is 0 Å². The maximum atomic E-state index is 13.4. The first-order valence-corrected chi connectivity index (χ1v) is 20.8. The summed E-state index contributed by atoms with van der Waals surface area (Å²) in [5.41, 5.74) is -0.648. The van der Waals surface area contributed by atoms with E-state index in [4.69, 9.17) is 14.2 Å². The number of aryl methyl sites for hydroxylation is 1. The molecule has 0 saturated carbocycles. The predicted octanol–water partition coefficient (Wildman–Crippen LogP) is 2.72. The highest BCUT2D eigenvalue weighted by Gasteiger charge is 2.29. The molecule has 0 unspecified atom stereocenters. The van der Waals surface area contributed by atoms with E-state index in [0.29, 0.717) is 49.4 Å². The van der Waals surface area contributed by atoms with Crippen molar-refractivity contribution in [2.75, 3.05) is 32.6 Å². The smallest absolute Gasteiger partial charge is 0.408 e. The molecule has 0 fully saturated rings. The number of esters is 2. The zero-order valence-electron chi connectivity index (χ0n) is 38.2. The SMILES string of the molecule is COC(=O)[C@H](Cc1cn(CCCCNC(=O)CC[C@H](NC(=O)c2ccc(N(C=O)Cc3cnc4nc(/N=C/N(C)C)[nH]c(=O)c4n3)cc2)C(=O)OC(C)(C)C)cn1)NC(=O)OC(C)(C)C. The molecule has 3 heterocycles. The number of anilines is 1. The summed E-state index contributed by atoms with van der Waals surface area (Å²) in [4.78, 5) is 116. The number of hydrogen-bond acceptors (Lipinski definition) is 15. The van der Waals surface area contributed by atoms with Crippen molar-refractivity contribution in [3.05, 3.63) is 70.3 Å². The number of benzene rings is 1. The Kier molecular flexibility index (Phi) is 17.8. The third-order valence-corrected chi connectivity index (χ3v) is 8.89. The number of nitrogens with zero attached hydrogens (tertiary/aromatic N) is 8. The fraction of sp³-hybridized carbons (Fsp3) is 0.488. The summed E-state index contributed by atoms with van der Waals surface area (Å²) in [5.74, 6) is -2.20. The van der Waals surface area contributed by atoms with Crippen molar-refractivity contribution in [3.8, 4) is 0 Å². The van der Waals surface area contributed by atoms with Gasteiger partial charge >= 0.3 is 18.0 Å². The van der Waals surface area contributed by atoms with Gasteiger partial charge in [-0.05, 0) is 85.1 Å². The molecule has 0 aliphatic rings. The third kappa shape index (κ3) is 16.8. The summed E-state index contributed by atoms with van der Waals surface area (Å²) >= 11 is 0. The zero-order chi connectivity index (χ0) is 47.9. The zero-order valence-corrected chi connectivity index (χ0v) is 38.2. The summed E-state index contributed by atoms with van der Waals surface area (Å²) in [7, 11) is 4.76. The van der Waals surface area contributed by atoms with Crippen LogP contribution in [0.1, 0.15) is 89.0 Å². The normalized spacial score (nSPS) is 12.5. The number of rotatable bonds is 21. The number of hydrogen-bond donors (Lipinski definition) is 4. The van der Waals surface area contributed by atoms with E-state index in [2.05, 4.69) is 45.9 Å². The second-order valence-corrected chi connectivity index (χ2v) is 17.1. The predicted molar refractivity (Wildman–Crippen MR) is 238 cm³/mol. The monoisotopic (exact) mass is 902 g/mol. The van der Waals surface area contributed by atoms with Crippen molar-refractivity contribution in [2.24, 2.45) is 4.99 Å². The minimum Gasteiger partial charge on any atom is -0.467 e. The molecule has 0 radical (unpaired) electrons. The molecule has 4 amide bonds. The Morgan fingerprint density at radius 3 is 2.26 bits per heavy atom. The van der Waals surface area contributed by atoms with Crippen LogP contribution in [0.3, 0.4) is 0 Å². The topological polar surface area (TPSA) is 274 Å². The molecule has 22 nitrogen and oxygen atoms in total. The van der Waals surface area contributed by atoms with Crippen molar-refractivity contribution in [3.63, 3.8) is 0 Å². The van der Waals surface area contributed by atoms with Gasteiger partial charge in [-0.15, -0.1) is 0 Å². The Bertz CT molecular complexity index is 2380. The summed E-state index contributed by atoms with van der Waals surface area (Å²) in [6.07, 6.45) is 7.34. The summed E-state index contributed by atoms with van der Waals surface area (Å²) in [6, 6.07) is 3.89. The molecule has 2 atom stereocenters. The number of carbonyl (C=O) groups excluding carboxylic acids is 6. The number of carbonyl (C=O) groups is 6. The van der Waals surface area contributed by atoms with Gasteiger partial charge in [-0.25, -0.2) is 34.3 Å². The second kappa shape index (κ2) is 22.9. The molecule has 4 rings (SSSR count). The molecule has 350 valence electrons. The lowest BCUT2D eigenvalue weighted by Gasteiger charge is -2.24. The number of aliphatic imine (C=N–C) groups is 1. The van der Waals surface area contributed by atoms with Crippen LogP contribution in [0.2, 0.25) is 0 Å². The van der Waals surface area contributed by atoms with E-state index in [0.717, 1.165) is 0 Å². The number of ether oxygens (including phenoxy) is 3. The quantitative estimate of drug-likeness (QED) is 0.0234. The number of fused-ring (bicyclic) bond motifs is 1. The van der Waals surface area contributed by atoms with Gasteiger partial charge in [0.2, 0.25) is 18.3 Å². The molecule has 65 heavy (non-hydrogen) atoms. The summed E-state index contributed by atoms with van der Waals surface area (Å²) < 4.78 is 17.5. The lowest BCUT2D eigenvalue weighted by atomic mass is 10.1. The van der Waals surface area contributed by atoms with Crippen LogP contribution in [0.15, 0.2) is 52.8 Å². The number of H-pyrrole nitrogens is 1. The van der Waals surface area contributed by atoms with Crippen LogP contribution in [0.5, 0.6) is 0 Å². The van der Waals surface area contributed by atoms with Gasteiger partial charge in [-0.1, -0.05) is 0 Å². The van der Waals surface area contributed by atoms with Crippen LogP contribution in [-0.2, 0) is 52.9 Å². The van der Waals surface area contributed by atoms with Gasteiger partial charge in [0.15, 0.2) is 11.2 Å². The van der Waals surface area contributed by atoms with Gasteiger partial charge in [-0.2, -0.15) is 4.98 Å². The first-order chi connectivity index (χ1) is 30.6. The van der Waals surface area contributed by atoms with E-state index in [-0.39, 0.29) is 54.4 Å². The van der Waals surface area contributed by atoms with Gasteiger partial charge < -0.3 is 44.5 Å². The summed E-state index contributed by atoms with van der Waals surface area (Å²) in [6.45, 7) is 11.1. The lowest BCUT2D eigenvalue weighted by molar-refractivity contribution is -0.157. The maximum Gasteiger partial charge on any atom is 0.408 e. The number of methoxy groups -OCH3 is 1. The van der Waals surface area contributed by atoms with E-state index < -0.39 is 52.8 Å². The number of amides is 4. The van der Waals surface area contributed by atoms with Gasteiger partial charge in [0.25, 0.3) is 11.5 Å². The van der Waals surface area contributed by atoms with Crippen LogP contribution >= 0.6 is 0 Å². The minimum atomic E-state index is -1.15. The largest absolute Gasteiger partial charge is 0.467 e. The highest BCUT2D eigenvalue weighted by atomic mass is 16.6. The van der Waals surface area contributed by atoms with Gasteiger partial charge in [0.05, 0.1) is 43.9 Å². The first-order valence-electron chi connectivity index (χ1n) is 20.8. The molecule has 0 bridgehead atoms. The average molecular weight is 903 g/mol. The van der Waals surface area contributed by atoms with Crippen LogP contribution in [0.4, 0.5) is 16.4 Å². The van der Waals surface area contributed by atoms with E-state index in [1.54, 1.807) is 73.1 Å². The van der Waals surface area contributed by atoms with Crippen molar-refractivity contribution in [2.45, 2.75) is 110 Å². The van der Waals surface area contributed by atoms with Crippen molar-refractivity contribution < 1.29 is 43.0 Å². The van der Waals surface area contributed by atoms with Crippen molar-refractivity contribution >= 4 is 65.4 Å². The molecule has 4 aromatic rings. The molecular weight excluding hydrogens is 845 g/mol. The first kappa shape index (κ1) is 50.4. The van der Waals surface area contributed by atoms with Crippen LogP contribution < -0.4 is 26.4 Å². The molecule has 3 aromatic heterocycles. The molecule has 1 aromatic carbocycles. The highest BCUT2D eigenvalue weighted by molar-refractivity contribution is 5.97. The molecule has 0 saturated heterocycles. The van der Waals surface area contributed by atoms with Crippen molar-refractivity contribution in [1.82, 2.24) is 50.3 Å².